The van der Waals surface area contributed by atoms with Crippen LogP contribution in [0.3, 0.4) is 0 Å². The predicted molar refractivity (Wildman–Crippen MR) is 80.2 cm³/mol. The Morgan fingerprint density at radius 1 is 1.25 bits per heavy atom. The minimum Gasteiger partial charge on any atom is -0.334 e. The van der Waals surface area contributed by atoms with Crippen molar-refractivity contribution in [2.45, 2.75) is 44.6 Å². The minimum atomic E-state index is 0.0776. The van der Waals surface area contributed by atoms with E-state index in [1.54, 1.807) is 0 Å². The Labute approximate surface area is 121 Å². The zero-order valence-electron chi connectivity index (χ0n) is 12.1. The van der Waals surface area contributed by atoms with Gasteiger partial charge in [0.25, 0.3) is 0 Å². The van der Waals surface area contributed by atoms with E-state index in [4.69, 9.17) is 5.73 Å². The summed E-state index contributed by atoms with van der Waals surface area (Å²) in [6.07, 6.45) is 6.72. The van der Waals surface area contributed by atoms with Crippen LogP contribution in [0.4, 0.5) is 0 Å². The van der Waals surface area contributed by atoms with E-state index in [1.165, 1.54) is 36.8 Å². The minimum absolute atomic E-state index is 0.0776. The monoisotopic (exact) mass is 272 g/mol. The zero-order chi connectivity index (χ0) is 13.9. The topological polar surface area (TPSA) is 46.3 Å². The van der Waals surface area contributed by atoms with Gasteiger partial charge in [0, 0.05) is 19.5 Å². The number of amides is 1. The van der Waals surface area contributed by atoms with Gasteiger partial charge in [-0.2, -0.15) is 0 Å². The fourth-order valence-electron chi connectivity index (χ4n) is 3.78. The average Bonchev–Trinajstić information content (AvgIpc) is 2.98. The molecule has 1 amide bonds. The standard InChI is InChI=1S/C17H24N2O/c18-12-16-15-8-4-3-7-14(15)9-10-19(16)17(20)11-13-5-1-2-6-13/h3-4,7-8,13,16H,1-2,5-6,9-12,18H2. The maximum atomic E-state index is 12.6. The summed E-state index contributed by atoms with van der Waals surface area (Å²) in [6, 6.07) is 8.49. The lowest BCUT2D eigenvalue weighted by Crippen LogP contribution is -2.43. The van der Waals surface area contributed by atoms with Crippen LogP contribution in [0.2, 0.25) is 0 Å². The third-order valence-corrected chi connectivity index (χ3v) is 4.89. The molecule has 0 aromatic heterocycles. The Morgan fingerprint density at radius 3 is 2.75 bits per heavy atom. The lowest BCUT2D eigenvalue weighted by Gasteiger charge is -2.37. The highest BCUT2D eigenvalue weighted by atomic mass is 16.2. The normalized spacial score (nSPS) is 22.9. The molecule has 108 valence electrons. The fraction of sp³-hybridized carbons (Fsp3) is 0.588. The number of nitrogens with two attached hydrogens (primary N) is 1. The van der Waals surface area contributed by atoms with Gasteiger partial charge in [-0.25, -0.2) is 0 Å². The van der Waals surface area contributed by atoms with Crippen molar-refractivity contribution < 1.29 is 4.79 Å². The van der Waals surface area contributed by atoms with Crippen LogP contribution in [0.1, 0.15) is 49.3 Å². The van der Waals surface area contributed by atoms with Crippen LogP contribution in [-0.4, -0.2) is 23.9 Å². The van der Waals surface area contributed by atoms with Crippen molar-refractivity contribution in [1.29, 1.82) is 0 Å². The lowest BCUT2D eigenvalue weighted by atomic mass is 9.91. The number of carbonyl (C=O) groups excluding carboxylic acids is 1. The maximum Gasteiger partial charge on any atom is 0.223 e. The molecule has 1 atom stereocenters. The number of rotatable bonds is 3. The first-order valence-corrected chi connectivity index (χ1v) is 7.87. The largest absolute Gasteiger partial charge is 0.334 e. The number of hydrogen-bond donors (Lipinski definition) is 1. The third kappa shape index (κ3) is 2.59. The third-order valence-electron chi connectivity index (χ3n) is 4.89. The highest BCUT2D eigenvalue weighted by Crippen LogP contribution is 2.32. The number of carbonyl (C=O) groups is 1. The predicted octanol–water partition coefficient (Wildman–Crippen LogP) is 2.65. The van der Waals surface area contributed by atoms with E-state index < -0.39 is 0 Å². The highest BCUT2D eigenvalue weighted by molar-refractivity contribution is 5.77. The molecule has 1 aromatic carbocycles. The van der Waals surface area contributed by atoms with Gasteiger partial charge in [0.1, 0.15) is 0 Å². The Kier molecular flexibility index (Phi) is 4.06. The molecule has 1 saturated carbocycles. The van der Waals surface area contributed by atoms with Gasteiger partial charge >= 0.3 is 0 Å². The van der Waals surface area contributed by atoms with E-state index in [0.717, 1.165) is 19.4 Å². The zero-order valence-corrected chi connectivity index (χ0v) is 12.1. The summed E-state index contributed by atoms with van der Waals surface area (Å²) >= 11 is 0. The second kappa shape index (κ2) is 5.96. The molecular formula is C17H24N2O. The Morgan fingerprint density at radius 2 is 2.00 bits per heavy atom. The summed E-state index contributed by atoms with van der Waals surface area (Å²) < 4.78 is 0. The maximum absolute atomic E-state index is 12.6. The molecule has 1 aromatic rings. The van der Waals surface area contributed by atoms with Gasteiger partial charge in [-0.05, 0) is 36.3 Å². The first kappa shape index (κ1) is 13.6. The van der Waals surface area contributed by atoms with Crippen molar-refractivity contribution in [3.8, 4) is 0 Å². The van der Waals surface area contributed by atoms with Gasteiger partial charge in [-0.3, -0.25) is 4.79 Å². The van der Waals surface area contributed by atoms with Crippen molar-refractivity contribution in [2.24, 2.45) is 11.7 Å². The van der Waals surface area contributed by atoms with Crippen LogP contribution in [0.15, 0.2) is 24.3 Å². The molecule has 1 aliphatic heterocycles. The second-order valence-corrected chi connectivity index (χ2v) is 6.14. The summed E-state index contributed by atoms with van der Waals surface area (Å²) in [6.45, 7) is 1.35. The smallest absolute Gasteiger partial charge is 0.223 e. The molecule has 3 nitrogen and oxygen atoms in total. The van der Waals surface area contributed by atoms with Gasteiger partial charge in [0.15, 0.2) is 0 Å². The number of fused-ring (bicyclic) bond motifs is 1. The Bertz CT molecular complexity index is 480. The number of nitrogens with zero attached hydrogens (tertiary/aromatic N) is 1. The fourth-order valence-corrected chi connectivity index (χ4v) is 3.78. The van der Waals surface area contributed by atoms with Gasteiger partial charge < -0.3 is 10.6 Å². The SMILES string of the molecule is NCC1c2ccccc2CCN1C(=O)CC1CCCC1. The van der Waals surface area contributed by atoms with E-state index in [1.807, 2.05) is 11.0 Å². The van der Waals surface area contributed by atoms with Gasteiger partial charge in [-0.1, -0.05) is 37.1 Å². The van der Waals surface area contributed by atoms with Crippen LogP contribution in [0, 0.1) is 5.92 Å². The van der Waals surface area contributed by atoms with Gasteiger partial charge in [0.05, 0.1) is 6.04 Å². The van der Waals surface area contributed by atoms with Crippen LogP contribution in [0.25, 0.3) is 0 Å². The molecular weight excluding hydrogens is 248 g/mol. The number of benzene rings is 1. The molecule has 1 unspecified atom stereocenters. The molecule has 0 radical (unpaired) electrons. The molecule has 0 spiro atoms. The van der Waals surface area contributed by atoms with Crippen LogP contribution in [0.5, 0.6) is 0 Å². The molecule has 3 rings (SSSR count). The highest BCUT2D eigenvalue weighted by Gasteiger charge is 2.31. The van der Waals surface area contributed by atoms with E-state index in [0.29, 0.717) is 18.4 Å². The summed E-state index contributed by atoms with van der Waals surface area (Å²) in [4.78, 5) is 14.6. The van der Waals surface area contributed by atoms with Crippen LogP contribution < -0.4 is 5.73 Å². The summed E-state index contributed by atoms with van der Waals surface area (Å²) in [5, 5.41) is 0. The first-order valence-electron chi connectivity index (χ1n) is 7.87. The molecule has 3 heteroatoms. The van der Waals surface area contributed by atoms with Gasteiger partial charge in [-0.15, -0.1) is 0 Å². The van der Waals surface area contributed by atoms with E-state index in [2.05, 4.69) is 18.2 Å². The summed E-state index contributed by atoms with van der Waals surface area (Å²) in [5.41, 5.74) is 8.57. The van der Waals surface area contributed by atoms with Crippen molar-refractivity contribution in [3.05, 3.63) is 35.4 Å². The molecule has 0 bridgehead atoms. The van der Waals surface area contributed by atoms with Gasteiger partial charge in [0.2, 0.25) is 5.91 Å². The van der Waals surface area contributed by atoms with E-state index in [-0.39, 0.29) is 6.04 Å². The molecule has 2 N–H and O–H groups in total. The van der Waals surface area contributed by atoms with E-state index >= 15 is 0 Å². The molecule has 1 fully saturated rings. The Hall–Kier alpha value is -1.35. The lowest BCUT2D eigenvalue weighted by molar-refractivity contribution is -0.135. The average molecular weight is 272 g/mol. The molecule has 1 aliphatic carbocycles. The molecule has 1 heterocycles. The van der Waals surface area contributed by atoms with Crippen LogP contribution >= 0.6 is 0 Å². The van der Waals surface area contributed by atoms with Crippen molar-refractivity contribution in [3.63, 3.8) is 0 Å². The Balaban J connectivity index is 1.75. The van der Waals surface area contributed by atoms with Crippen LogP contribution in [-0.2, 0) is 11.2 Å². The van der Waals surface area contributed by atoms with Crippen molar-refractivity contribution in [1.82, 2.24) is 4.90 Å². The molecule has 2 aliphatic rings. The molecule has 20 heavy (non-hydrogen) atoms. The number of hydrogen-bond acceptors (Lipinski definition) is 2. The van der Waals surface area contributed by atoms with Crippen molar-refractivity contribution in [2.75, 3.05) is 13.1 Å². The first-order chi connectivity index (χ1) is 9.79. The molecule has 0 saturated heterocycles. The second-order valence-electron chi connectivity index (χ2n) is 6.14. The quantitative estimate of drug-likeness (QED) is 0.919. The summed E-state index contributed by atoms with van der Waals surface area (Å²) in [5.74, 6) is 0.917. The van der Waals surface area contributed by atoms with Crippen molar-refractivity contribution >= 4 is 5.91 Å². The van der Waals surface area contributed by atoms with E-state index in [9.17, 15) is 4.79 Å². The summed E-state index contributed by atoms with van der Waals surface area (Å²) in [7, 11) is 0.